The number of nitrogens with zero attached hydrogens (tertiary/aromatic N) is 3. The fourth-order valence-corrected chi connectivity index (χ4v) is 3.69. The Kier molecular flexibility index (Phi) is 4.69. The minimum atomic E-state index is -0.137. The van der Waals surface area contributed by atoms with Crippen LogP contribution in [0.25, 0.3) is 16.3 Å². The third-order valence-corrected chi connectivity index (χ3v) is 5.04. The van der Waals surface area contributed by atoms with Gasteiger partial charge < -0.3 is 5.32 Å². The first-order valence-electron chi connectivity index (χ1n) is 8.13. The number of aromatic nitrogens is 3. The Bertz CT molecular complexity index is 1060. The molecule has 2 heterocycles. The second kappa shape index (κ2) is 7.27. The summed E-state index contributed by atoms with van der Waals surface area (Å²) in [6.07, 6.45) is 0.671. The number of rotatable bonds is 5. The molecule has 0 fully saturated rings. The first kappa shape index (κ1) is 16.8. The van der Waals surface area contributed by atoms with Crippen LogP contribution < -0.4 is 5.32 Å². The minimum absolute atomic E-state index is 0.137. The van der Waals surface area contributed by atoms with Gasteiger partial charge in [0.05, 0.1) is 5.69 Å². The molecule has 26 heavy (non-hydrogen) atoms. The summed E-state index contributed by atoms with van der Waals surface area (Å²) in [4.78, 5) is 17.6. The number of hydrogen-bond donors (Lipinski definition) is 1. The molecule has 0 aliphatic rings. The van der Waals surface area contributed by atoms with E-state index in [2.05, 4.69) is 15.4 Å². The van der Waals surface area contributed by atoms with Crippen molar-refractivity contribution in [1.82, 2.24) is 19.9 Å². The Hall–Kier alpha value is -2.70. The average molecular weight is 383 g/mol. The summed E-state index contributed by atoms with van der Waals surface area (Å²) in [6, 6.07) is 16.8. The van der Waals surface area contributed by atoms with Crippen LogP contribution in [0.4, 0.5) is 0 Å². The zero-order chi connectivity index (χ0) is 17.9. The van der Waals surface area contributed by atoms with Crippen molar-refractivity contribution in [1.29, 1.82) is 0 Å². The molecule has 0 aliphatic carbocycles. The summed E-state index contributed by atoms with van der Waals surface area (Å²) in [5.41, 5.74) is 2.56. The first-order valence-corrected chi connectivity index (χ1v) is 9.39. The number of nitrogens with one attached hydrogen (secondary N) is 1. The molecule has 0 bridgehead atoms. The summed E-state index contributed by atoms with van der Waals surface area (Å²) < 4.78 is 1.85. The highest BCUT2D eigenvalue weighted by Crippen LogP contribution is 2.20. The number of benzene rings is 2. The van der Waals surface area contributed by atoms with Crippen LogP contribution in [0, 0.1) is 0 Å². The smallest absolute Gasteiger partial charge is 0.251 e. The summed E-state index contributed by atoms with van der Waals surface area (Å²) in [7, 11) is 0. The van der Waals surface area contributed by atoms with E-state index in [0.29, 0.717) is 29.4 Å². The molecule has 2 aromatic heterocycles. The highest BCUT2D eigenvalue weighted by atomic mass is 35.5. The van der Waals surface area contributed by atoms with Crippen molar-refractivity contribution >= 4 is 33.8 Å². The molecule has 1 N–H and O–H groups in total. The van der Waals surface area contributed by atoms with Crippen LogP contribution >= 0.6 is 22.9 Å². The molecule has 5 nitrogen and oxygen atoms in total. The van der Waals surface area contributed by atoms with Crippen molar-refractivity contribution in [2.75, 3.05) is 6.54 Å². The Balaban J connectivity index is 1.44. The van der Waals surface area contributed by atoms with Crippen LogP contribution in [0.1, 0.15) is 16.1 Å². The second-order valence-electron chi connectivity index (χ2n) is 5.74. The molecular weight excluding hydrogens is 368 g/mol. The molecule has 0 radical (unpaired) electrons. The van der Waals surface area contributed by atoms with E-state index in [9.17, 15) is 4.79 Å². The molecular formula is C19H15ClN4OS. The SMILES string of the molecule is O=C(NCCc1csc2nc(-c3ccccc3)nn12)c1cccc(Cl)c1. The average Bonchev–Trinajstić information content (AvgIpc) is 3.24. The molecule has 0 aliphatic heterocycles. The van der Waals surface area contributed by atoms with Gasteiger partial charge in [-0.1, -0.05) is 48.0 Å². The highest BCUT2D eigenvalue weighted by molar-refractivity contribution is 7.15. The van der Waals surface area contributed by atoms with Gasteiger partial charge in [-0.2, -0.15) is 4.98 Å². The maximum atomic E-state index is 12.2. The largest absolute Gasteiger partial charge is 0.352 e. The predicted octanol–water partition coefficient (Wildman–Crippen LogP) is 4.08. The topological polar surface area (TPSA) is 59.3 Å². The summed E-state index contributed by atoms with van der Waals surface area (Å²) in [5, 5.41) is 10.1. The summed E-state index contributed by atoms with van der Waals surface area (Å²) >= 11 is 7.47. The van der Waals surface area contributed by atoms with Gasteiger partial charge in [0.1, 0.15) is 0 Å². The molecule has 4 rings (SSSR count). The molecule has 0 spiro atoms. The van der Waals surface area contributed by atoms with E-state index in [4.69, 9.17) is 11.6 Å². The van der Waals surface area contributed by atoms with Gasteiger partial charge in [0.25, 0.3) is 5.91 Å². The van der Waals surface area contributed by atoms with Crippen LogP contribution in [0.5, 0.6) is 0 Å². The predicted molar refractivity (Wildman–Crippen MR) is 104 cm³/mol. The second-order valence-corrected chi connectivity index (χ2v) is 7.01. The molecule has 4 aromatic rings. The van der Waals surface area contributed by atoms with E-state index in [-0.39, 0.29) is 5.91 Å². The normalized spacial score (nSPS) is 11.0. The summed E-state index contributed by atoms with van der Waals surface area (Å²) in [5.74, 6) is 0.573. The van der Waals surface area contributed by atoms with Gasteiger partial charge in [-0.25, -0.2) is 4.52 Å². The van der Waals surface area contributed by atoms with E-state index in [1.165, 1.54) is 0 Å². The number of amides is 1. The lowest BCUT2D eigenvalue weighted by molar-refractivity contribution is 0.0954. The van der Waals surface area contributed by atoms with E-state index in [1.54, 1.807) is 35.6 Å². The van der Waals surface area contributed by atoms with Crippen molar-refractivity contribution in [3.8, 4) is 11.4 Å². The van der Waals surface area contributed by atoms with Gasteiger partial charge in [-0.3, -0.25) is 4.79 Å². The third-order valence-electron chi connectivity index (χ3n) is 3.94. The lowest BCUT2D eigenvalue weighted by atomic mass is 10.2. The van der Waals surface area contributed by atoms with Gasteiger partial charge in [-0.05, 0) is 18.2 Å². The van der Waals surface area contributed by atoms with E-state index >= 15 is 0 Å². The third kappa shape index (κ3) is 3.47. The molecule has 7 heteroatoms. The molecule has 1 amide bonds. The number of hydrogen-bond acceptors (Lipinski definition) is 4. The maximum Gasteiger partial charge on any atom is 0.251 e. The first-order chi connectivity index (χ1) is 12.7. The molecule has 0 saturated heterocycles. The minimum Gasteiger partial charge on any atom is -0.352 e. The lowest BCUT2D eigenvalue weighted by Crippen LogP contribution is -2.26. The number of halogens is 1. The van der Waals surface area contributed by atoms with Crippen molar-refractivity contribution in [3.05, 3.63) is 76.3 Å². The van der Waals surface area contributed by atoms with E-state index in [0.717, 1.165) is 16.2 Å². The Morgan fingerprint density at radius 1 is 1.15 bits per heavy atom. The zero-order valence-electron chi connectivity index (χ0n) is 13.7. The molecule has 130 valence electrons. The van der Waals surface area contributed by atoms with Gasteiger partial charge in [0.2, 0.25) is 4.96 Å². The van der Waals surface area contributed by atoms with E-state index in [1.807, 2.05) is 40.2 Å². The highest BCUT2D eigenvalue weighted by Gasteiger charge is 2.12. The fraction of sp³-hybridized carbons (Fsp3) is 0.105. The molecule has 0 saturated carbocycles. The Morgan fingerprint density at radius 3 is 2.81 bits per heavy atom. The quantitative estimate of drug-likeness (QED) is 0.565. The number of thiazole rings is 1. The Labute approximate surface area is 159 Å². The van der Waals surface area contributed by atoms with Crippen molar-refractivity contribution < 1.29 is 4.79 Å². The van der Waals surface area contributed by atoms with Crippen LogP contribution in [-0.4, -0.2) is 27.0 Å². The Morgan fingerprint density at radius 2 is 2.00 bits per heavy atom. The van der Waals surface area contributed by atoms with Crippen molar-refractivity contribution in [2.24, 2.45) is 0 Å². The lowest BCUT2D eigenvalue weighted by Gasteiger charge is -2.05. The van der Waals surface area contributed by atoms with Crippen LogP contribution in [0.2, 0.25) is 5.02 Å². The fourth-order valence-electron chi connectivity index (χ4n) is 2.64. The van der Waals surface area contributed by atoms with Gasteiger partial charge in [0, 0.05) is 34.5 Å². The number of fused-ring (bicyclic) bond motifs is 1. The number of carbonyl (C=O) groups is 1. The van der Waals surface area contributed by atoms with Crippen LogP contribution in [0.3, 0.4) is 0 Å². The maximum absolute atomic E-state index is 12.2. The van der Waals surface area contributed by atoms with E-state index < -0.39 is 0 Å². The monoisotopic (exact) mass is 382 g/mol. The van der Waals surface area contributed by atoms with Gasteiger partial charge >= 0.3 is 0 Å². The van der Waals surface area contributed by atoms with Crippen LogP contribution in [-0.2, 0) is 6.42 Å². The molecule has 0 atom stereocenters. The standard InChI is InChI=1S/C19H15ClN4OS/c20-15-8-4-7-14(11-15)18(25)21-10-9-16-12-26-19-22-17(23-24(16)19)13-5-2-1-3-6-13/h1-8,11-12H,9-10H2,(H,21,25). The van der Waals surface area contributed by atoms with Crippen molar-refractivity contribution in [3.63, 3.8) is 0 Å². The van der Waals surface area contributed by atoms with Crippen molar-refractivity contribution in [2.45, 2.75) is 6.42 Å². The number of carbonyl (C=O) groups excluding carboxylic acids is 1. The zero-order valence-corrected chi connectivity index (χ0v) is 15.3. The summed E-state index contributed by atoms with van der Waals surface area (Å²) in [6.45, 7) is 0.512. The molecule has 0 unspecified atom stereocenters. The van der Waals surface area contributed by atoms with Gasteiger partial charge in [0.15, 0.2) is 5.82 Å². The molecule has 2 aromatic carbocycles. The van der Waals surface area contributed by atoms with Gasteiger partial charge in [-0.15, -0.1) is 16.4 Å². The van der Waals surface area contributed by atoms with Crippen LogP contribution in [0.15, 0.2) is 60.0 Å².